The number of benzene rings is 2. The molecular weight excluding hydrogens is 444 g/mol. The fraction of sp³-hybridized carbons (Fsp3) is 0.308. The summed E-state index contributed by atoms with van der Waals surface area (Å²) in [6.45, 7) is 4.71. The largest absolute Gasteiger partial charge is 0.490 e. The molecule has 0 spiro atoms. The third-order valence-corrected chi connectivity index (χ3v) is 6.42. The monoisotopic (exact) mass is 472 g/mol. The molecule has 2 aromatic heterocycles. The molecule has 5 rings (SSSR count). The van der Waals surface area contributed by atoms with E-state index in [1.54, 1.807) is 17.5 Å². The van der Waals surface area contributed by atoms with Gasteiger partial charge in [0.15, 0.2) is 0 Å². The van der Waals surface area contributed by atoms with Gasteiger partial charge in [0.25, 0.3) is 0 Å². The summed E-state index contributed by atoms with van der Waals surface area (Å²) in [5.41, 5.74) is 5.46. The van der Waals surface area contributed by atoms with Gasteiger partial charge in [-0.25, -0.2) is 4.98 Å². The Labute approximate surface area is 203 Å². The van der Waals surface area contributed by atoms with E-state index < -0.39 is 0 Å². The highest BCUT2D eigenvalue weighted by atomic mass is 32.1. The summed E-state index contributed by atoms with van der Waals surface area (Å²) in [5, 5.41) is 23.0. The highest BCUT2D eigenvalue weighted by Gasteiger charge is 2.19. The van der Waals surface area contributed by atoms with Gasteiger partial charge < -0.3 is 15.0 Å². The highest BCUT2D eigenvalue weighted by Crippen LogP contribution is 2.37. The molecular formula is C26H28N6OS. The number of imidazole rings is 1. The van der Waals surface area contributed by atoms with Gasteiger partial charge in [0.1, 0.15) is 27.7 Å². The maximum absolute atomic E-state index is 9.43. The van der Waals surface area contributed by atoms with Crippen LogP contribution in [0.25, 0.3) is 21.1 Å². The lowest BCUT2D eigenvalue weighted by Gasteiger charge is -2.11. The first-order valence-corrected chi connectivity index (χ1v) is 12.2. The molecule has 0 fully saturated rings. The standard InChI is InChI=1S/C21H19N3OS.C5H9N3/c1-13(2)25-19-10-9-15(11-16(19)12-22)20-23-24-21(26-20)18-8-4-6-14-5-3-7-17(14)18;1-6-4-5-7-2-3-8-5/h4,6,8-11,13H,3,5,7H2,1-2H3;2-3,6H,4H2,1H3,(H,7,8). The molecule has 1 aliphatic carbocycles. The lowest BCUT2D eigenvalue weighted by Crippen LogP contribution is -2.06. The normalized spacial score (nSPS) is 12.1. The first kappa shape index (κ1) is 23.6. The van der Waals surface area contributed by atoms with Gasteiger partial charge in [-0.2, -0.15) is 5.26 Å². The first-order chi connectivity index (χ1) is 16.6. The van der Waals surface area contributed by atoms with Crippen molar-refractivity contribution in [1.29, 1.82) is 5.26 Å². The van der Waals surface area contributed by atoms with E-state index in [0.717, 1.165) is 40.8 Å². The van der Waals surface area contributed by atoms with E-state index in [2.05, 4.69) is 49.8 Å². The number of rotatable bonds is 6. The molecule has 2 aromatic carbocycles. The molecule has 2 heterocycles. The van der Waals surface area contributed by atoms with Crippen LogP contribution in [0.3, 0.4) is 0 Å². The van der Waals surface area contributed by atoms with Crippen LogP contribution in [-0.2, 0) is 19.4 Å². The number of hydrogen-bond acceptors (Lipinski definition) is 7. The molecule has 0 radical (unpaired) electrons. The molecule has 0 amide bonds. The molecule has 7 nitrogen and oxygen atoms in total. The minimum absolute atomic E-state index is 0.0289. The van der Waals surface area contributed by atoms with Crippen LogP contribution in [0, 0.1) is 11.3 Å². The van der Waals surface area contributed by atoms with Crippen LogP contribution >= 0.6 is 11.3 Å². The molecule has 0 unspecified atom stereocenters. The Bertz CT molecular complexity index is 1270. The smallest absolute Gasteiger partial charge is 0.148 e. The van der Waals surface area contributed by atoms with Gasteiger partial charge in [-0.15, -0.1) is 10.2 Å². The Hall–Kier alpha value is -3.54. The minimum Gasteiger partial charge on any atom is -0.490 e. The molecule has 0 atom stereocenters. The quantitative estimate of drug-likeness (QED) is 0.403. The maximum Gasteiger partial charge on any atom is 0.148 e. The van der Waals surface area contributed by atoms with Crippen LogP contribution in [-0.4, -0.2) is 33.3 Å². The number of aryl methyl sites for hydroxylation is 1. The Balaban J connectivity index is 0.000000291. The summed E-state index contributed by atoms with van der Waals surface area (Å²) < 4.78 is 5.70. The number of nitrogens with one attached hydrogen (secondary N) is 2. The average molecular weight is 473 g/mol. The molecule has 34 heavy (non-hydrogen) atoms. The maximum atomic E-state index is 9.43. The fourth-order valence-electron chi connectivity index (χ4n) is 3.94. The number of nitriles is 1. The van der Waals surface area contributed by atoms with Crippen molar-refractivity contribution in [3.8, 4) is 33.0 Å². The van der Waals surface area contributed by atoms with Crippen LogP contribution in [0.5, 0.6) is 5.75 Å². The van der Waals surface area contributed by atoms with Gasteiger partial charge in [0.05, 0.1) is 18.2 Å². The highest BCUT2D eigenvalue weighted by molar-refractivity contribution is 7.17. The molecule has 0 saturated heterocycles. The molecule has 0 saturated carbocycles. The van der Waals surface area contributed by atoms with E-state index in [-0.39, 0.29) is 6.10 Å². The Morgan fingerprint density at radius 3 is 2.76 bits per heavy atom. The summed E-state index contributed by atoms with van der Waals surface area (Å²) in [6, 6.07) is 14.3. The summed E-state index contributed by atoms with van der Waals surface area (Å²) in [6.07, 6.45) is 7.05. The van der Waals surface area contributed by atoms with E-state index in [0.29, 0.717) is 11.3 Å². The SMILES string of the molecule is CC(C)Oc1ccc(-c2nnc(-c3cccc4c3CCC4)s2)cc1C#N.CNCc1ncc[nH]1. The van der Waals surface area contributed by atoms with Crippen LogP contribution in [0.4, 0.5) is 0 Å². The number of ether oxygens (including phenoxy) is 1. The van der Waals surface area contributed by atoms with E-state index in [1.807, 2.05) is 45.3 Å². The lowest BCUT2D eigenvalue weighted by molar-refractivity contribution is 0.242. The fourth-order valence-corrected chi connectivity index (χ4v) is 4.83. The number of fused-ring (bicyclic) bond motifs is 1. The zero-order valence-electron chi connectivity index (χ0n) is 19.6. The van der Waals surface area contributed by atoms with E-state index >= 15 is 0 Å². The number of aromatic amines is 1. The van der Waals surface area contributed by atoms with E-state index in [1.165, 1.54) is 23.1 Å². The third kappa shape index (κ3) is 5.50. The van der Waals surface area contributed by atoms with Crippen molar-refractivity contribution >= 4 is 11.3 Å². The van der Waals surface area contributed by atoms with Gasteiger partial charge in [-0.3, -0.25) is 0 Å². The van der Waals surface area contributed by atoms with Crippen LogP contribution in [0.1, 0.15) is 42.8 Å². The second-order valence-corrected chi connectivity index (χ2v) is 9.24. The number of H-pyrrole nitrogens is 1. The van der Waals surface area contributed by atoms with Gasteiger partial charge >= 0.3 is 0 Å². The predicted molar refractivity (Wildman–Crippen MR) is 135 cm³/mol. The van der Waals surface area contributed by atoms with Gasteiger partial charge in [-0.1, -0.05) is 29.5 Å². The zero-order chi connectivity index (χ0) is 23.9. The summed E-state index contributed by atoms with van der Waals surface area (Å²) >= 11 is 1.57. The number of nitrogens with zero attached hydrogens (tertiary/aromatic N) is 4. The summed E-state index contributed by atoms with van der Waals surface area (Å²) in [4.78, 5) is 6.95. The van der Waals surface area contributed by atoms with E-state index in [4.69, 9.17) is 4.74 Å². The number of aromatic nitrogens is 4. The van der Waals surface area contributed by atoms with Crippen LogP contribution in [0.15, 0.2) is 48.8 Å². The molecule has 2 N–H and O–H groups in total. The summed E-state index contributed by atoms with van der Waals surface area (Å²) in [7, 11) is 1.89. The Morgan fingerprint density at radius 2 is 2.03 bits per heavy atom. The predicted octanol–water partition coefficient (Wildman–Crippen LogP) is 5.15. The zero-order valence-corrected chi connectivity index (χ0v) is 20.4. The van der Waals surface area contributed by atoms with Crippen molar-refractivity contribution in [2.45, 2.75) is 45.8 Å². The topological polar surface area (TPSA) is 99.5 Å². The van der Waals surface area contributed by atoms with Crippen molar-refractivity contribution in [2.24, 2.45) is 0 Å². The van der Waals surface area contributed by atoms with Crippen molar-refractivity contribution in [2.75, 3.05) is 7.05 Å². The van der Waals surface area contributed by atoms with Gasteiger partial charge in [0.2, 0.25) is 0 Å². The first-order valence-electron chi connectivity index (χ1n) is 11.4. The van der Waals surface area contributed by atoms with Gasteiger partial charge in [0, 0.05) is 23.5 Å². The second-order valence-electron chi connectivity index (χ2n) is 8.26. The van der Waals surface area contributed by atoms with Crippen molar-refractivity contribution in [3.63, 3.8) is 0 Å². The van der Waals surface area contributed by atoms with Crippen LogP contribution in [0.2, 0.25) is 0 Å². The van der Waals surface area contributed by atoms with E-state index in [9.17, 15) is 5.26 Å². The molecule has 1 aliphatic rings. The second kappa shape index (κ2) is 11.1. The van der Waals surface area contributed by atoms with Gasteiger partial charge in [-0.05, 0) is 69.5 Å². The van der Waals surface area contributed by atoms with Crippen molar-refractivity contribution in [1.82, 2.24) is 25.5 Å². The van der Waals surface area contributed by atoms with Crippen LogP contribution < -0.4 is 10.1 Å². The van der Waals surface area contributed by atoms with Crippen molar-refractivity contribution in [3.05, 3.63) is 71.3 Å². The summed E-state index contributed by atoms with van der Waals surface area (Å²) in [5.74, 6) is 1.59. The minimum atomic E-state index is 0.0289. The Kier molecular flexibility index (Phi) is 7.68. The molecule has 8 heteroatoms. The Morgan fingerprint density at radius 1 is 1.18 bits per heavy atom. The average Bonchev–Trinajstić information content (AvgIpc) is 3.61. The lowest BCUT2D eigenvalue weighted by atomic mass is 10.0. The molecule has 0 bridgehead atoms. The number of hydrogen-bond donors (Lipinski definition) is 2. The molecule has 0 aliphatic heterocycles. The third-order valence-electron chi connectivity index (χ3n) is 5.41. The molecule has 174 valence electrons. The molecule has 4 aromatic rings. The van der Waals surface area contributed by atoms with Crippen molar-refractivity contribution < 1.29 is 4.74 Å².